The second-order valence-corrected chi connectivity index (χ2v) is 9.71. The van der Waals surface area contributed by atoms with Crippen LogP contribution >= 0.6 is 0 Å². The van der Waals surface area contributed by atoms with Gasteiger partial charge in [-0.2, -0.15) is 4.98 Å². The van der Waals surface area contributed by atoms with Gasteiger partial charge in [-0.15, -0.1) is 0 Å². The van der Waals surface area contributed by atoms with Crippen molar-refractivity contribution < 1.29 is 0 Å². The van der Waals surface area contributed by atoms with Gasteiger partial charge in [-0.1, -0.05) is 0 Å². The molecule has 8 nitrogen and oxygen atoms in total. The molecule has 2 aromatic heterocycles. The highest BCUT2D eigenvalue weighted by Gasteiger charge is 2.45. The summed E-state index contributed by atoms with van der Waals surface area (Å²) in [7, 11) is 0. The van der Waals surface area contributed by atoms with Crippen molar-refractivity contribution in [1.29, 1.82) is 0 Å². The highest BCUT2D eigenvalue weighted by molar-refractivity contribution is 5.65. The molecule has 0 amide bonds. The van der Waals surface area contributed by atoms with E-state index in [4.69, 9.17) is 15.7 Å². The summed E-state index contributed by atoms with van der Waals surface area (Å²) in [6.07, 6.45) is 8.66. The molecule has 3 aliphatic heterocycles. The quantitative estimate of drug-likeness (QED) is 0.827. The molecule has 2 aromatic rings. The monoisotopic (exact) mass is 406 g/mol. The molecule has 8 heteroatoms. The van der Waals surface area contributed by atoms with Crippen LogP contribution < -0.4 is 15.5 Å². The van der Waals surface area contributed by atoms with Crippen molar-refractivity contribution >= 4 is 17.7 Å². The summed E-state index contributed by atoms with van der Waals surface area (Å²) in [4.78, 5) is 26.0. The van der Waals surface area contributed by atoms with E-state index in [2.05, 4.69) is 44.6 Å². The fraction of sp³-hybridized carbons (Fsp3) is 0.636. The number of nitrogens with zero attached hydrogens (tertiary/aromatic N) is 7. The Bertz CT molecular complexity index is 945. The molecular weight excluding hydrogens is 376 g/mol. The van der Waals surface area contributed by atoms with Crippen LogP contribution in [0.1, 0.15) is 39.5 Å². The van der Waals surface area contributed by atoms with Crippen molar-refractivity contribution in [1.82, 2.24) is 24.8 Å². The van der Waals surface area contributed by atoms with E-state index in [1.54, 1.807) is 12.4 Å². The summed E-state index contributed by atoms with van der Waals surface area (Å²) in [6.45, 7) is 7.85. The van der Waals surface area contributed by atoms with Gasteiger partial charge in [0.1, 0.15) is 5.82 Å². The summed E-state index contributed by atoms with van der Waals surface area (Å²) < 4.78 is 0. The van der Waals surface area contributed by atoms with Gasteiger partial charge >= 0.3 is 0 Å². The number of hydrogen-bond acceptors (Lipinski definition) is 8. The lowest BCUT2D eigenvalue weighted by Crippen LogP contribution is -2.49. The molecule has 4 bridgehead atoms. The second-order valence-electron chi connectivity index (χ2n) is 9.71. The minimum absolute atomic E-state index is 0.288. The van der Waals surface area contributed by atoms with Gasteiger partial charge in [-0.3, -0.25) is 4.90 Å². The number of fused-ring (bicyclic) bond motifs is 4. The smallest absolute Gasteiger partial charge is 0.228 e. The van der Waals surface area contributed by atoms with Gasteiger partial charge in [0.25, 0.3) is 0 Å². The van der Waals surface area contributed by atoms with Crippen molar-refractivity contribution in [2.75, 3.05) is 35.2 Å². The van der Waals surface area contributed by atoms with Crippen molar-refractivity contribution in [2.45, 2.75) is 63.7 Å². The molecule has 6 rings (SSSR count). The molecule has 4 atom stereocenters. The fourth-order valence-electron chi connectivity index (χ4n) is 6.10. The predicted molar refractivity (Wildman–Crippen MR) is 117 cm³/mol. The normalized spacial score (nSPS) is 30.2. The van der Waals surface area contributed by atoms with Crippen LogP contribution in [-0.4, -0.2) is 68.6 Å². The topological polar surface area (TPSA) is 87.3 Å². The number of aromatic nitrogens is 4. The molecule has 0 aromatic carbocycles. The molecule has 2 unspecified atom stereocenters. The zero-order valence-electron chi connectivity index (χ0n) is 17.8. The molecule has 1 saturated carbocycles. The van der Waals surface area contributed by atoms with Crippen LogP contribution in [0, 0.1) is 5.92 Å². The minimum atomic E-state index is 0.288. The number of piperidine rings is 1. The third-order valence-corrected chi connectivity index (χ3v) is 7.58. The van der Waals surface area contributed by atoms with Crippen LogP contribution in [0.3, 0.4) is 0 Å². The molecule has 4 fully saturated rings. The van der Waals surface area contributed by atoms with Gasteiger partial charge in [0.15, 0.2) is 0 Å². The van der Waals surface area contributed by atoms with Crippen molar-refractivity contribution in [2.24, 2.45) is 5.92 Å². The Kier molecular flexibility index (Phi) is 4.13. The first kappa shape index (κ1) is 18.3. The first-order valence-corrected chi connectivity index (χ1v) is 11.3. The molecule has 5 heterocycles. The number of likely N-dealkylation sites (tertiary alicyclic amines) is 1. The number of hydrogen-bond donors (Lipinski definition) is 1. The Morgan fingerprint density at radius 2 is 1.77 bits per heavy atom. The second kappa shape index (κ2) is 6.77. The largest absolute Gasteiger partial charge is 0.368 e. The Morgan fingerprint density at radius 3 is 2.40 bits per heavy atom. The van der Waals surface area contributed by atoms with Crippen molar-refractivity contribution in [3.8, 4) is 11.3 Å². The molecule has 0 radical (unpaired) electrons. The average Bonchev–Trinajstić information content (AvgIpc) is 3.54. The number of nitrogen functional groups attached to an aromatic ring is 1. The lowest BCUT2D eigenvalue weighted by atomic mass is 10.1. The van der Waals surface area contributed by atoms with Crippen LogP contribution in [0.4, 0.5) is 17.7 Å². The first-order chi connectivity index (χ1) is 14.5. The van der Waals surface area contributed by atoms with Gasteiger partial charge in [-0.25, -0.2) is 15.0 Å². The maximum atomic E-state index is 5.71. The van der Waals surface area contributed by atoms with Gasteiger partial charge < -0.3 is 15.5 Å². The maximum Gasteiger partial charge on any atom is 0.228 e. The molecule has 4 aliphatic rings. The van der Waals surface area contributed by atoms with E-state index in [-0.39, 0.29) is 5.95 Å². The van der Waals surface area contributed by atoms with Crippen molar-refractivity contribution in [3.63, 3.8) is 0 Å². The van der Waals surface area contributed by atoms with E-state index in [1.165, 1.54) is 25.7 Å². The van der Waals surface area contributed by atoms with Crippen molar-refractivity contribution in [3.05, 3.63) is 18.5 Å². The van der Waals surface area contributed by atoms with E-state index >= 15 is 0 Å². The molecule has 30 heavy (non-hydrogen) atoms. The van der Waals surface area contributed by atoms with E-state index in [0.29, 0.717) is 24.2 Å². The van der Waals surface area contributed by atoms with Crippen LogP contribution in [-0.2, 0) is 0 Å². The van der Waals surface area contributed by atoms with Crippen LogP contribution in [0.25, 0.3) is 11.3 Å². The molecule has 3 saturated heterocycles. The Hall–Kier alpha value is -2.48. The first-order valence-electron chi connectivity index (χ1n) is 11.3. The van der Waals surface area contributed by atoms with E-state index in [1.807, 2.05) is 0 Å². The summed E-state index contributed by atoms with van der Waals surface area (Å²) in [5.41, 5.74) is 7.49. The van der Waals surface area contributed by atoms with Gasteiger partial charge in [0, 0.05) is 67.8 Å². The molecule has 2 N–H and O–H groups in total. The van der Waals surface area contributed by atoms with Gasteiger partial charge in [0.2, 0.25) is 11.9 Å². The van der Waals surface area contributed by atoms with E-state index in [9.17, 15) is 0 Å². The molecule has 0 spiro atoms. The zero-order valence-corrected chi connectivity index (χ0v) is 17.8. The third kappa shape index (κ3) is 2.92. The van der Waals surface area contributed by atoms with Crippen LogP contribution in [0.5, 0.6) is 0 Å². The molecule has 158 valence electrons. The van der Waals surface area contributed by atoms with Crippen LogP contribution in [0.15, 0.2) is 18.5 Å². The van der Waals surface area contributed by atoms with E-state index < -0.39 is 0 Å². The minimum Gasteiger partial charge on any atom is -0.368 e. The predicted octanol–water partition coefficient (Wildman–Crippen LogP) is 2.18. The molecular formula is C22H30N8. The Balaban J connectivity index is 1.37. The number of nitrogens with two attached hydrogens (primary N) is 1. The lowest BCUT2D eigenvalue weighted by molar-refractivity contribution is 0.191. The van der Waals surface area contributed by atoms with Gasteiger partial charge in [-0.05, 0) is 45.4 Å². The Labute approximate surface area is 177 Å². The van der Waals surface area contributed by atoms with E-state index in [0.717, 1.165) is 48.6 Å². The SMILES string of the molecule is CC(C)N1C[C@@H]2C[C@H]1CN2c1cc(-c2cnc(N)nc2)nc(N2CC3CCC2C3)n1. The zero-order chi connectivity index (χ0) is 20.4. The molecule has 1 aliphatic carbocycles. The standard InChI is InChI=1S/C22H30N8/c1-13(2)28-11-18-6-17(28)12-29(18)20-7-19(15-8-24-21(23)25-9-15)26-22(27-20)30-10-14-3-4-16(30)5-14/h7-9,13-14,16-18H,3-6,10-12H2,1-2H3,(H2,23,24,25)/t14?,16?,17-,18-/m0/s1. The van der Waals surface area contributed by atoms with Crippen LogP contribution in [0.2, 0.25) is 0 Å². The average molecular weight is 407 g/mol. The summed E-state index contributed by atoms with van der Waals surface area (Å²) in [6, 6.07) is 4.47. The highest BCUT2D eigenvalue weighted by atomic mass is 15.4. The summed E-state index contributed by atoms with van der Waals surface area (Å²) in [5.74, 6) is 3.00. The lowest BCUT2D eigenvalue weighted by Gasteiger charge is -2.37. The maximum absolute atomic E-state index is 5.71. The number of rotatable bonds is 4. The van der Waals surface area contributed by atoms with Gasteiger partial charge in [0.05, 0.1) is 5.69 Å². The third-order valence-electron chi connectivity index (χ3n) is 7.58. The fourth-order valence-corrected chi connectivity index (χ4v) is 6.10. The number of piperazine rings is 1. The Morgan fingerprint density at radius 1 is 0.933 bits per heavy atom. The summed E-state index contributed by atoms with van der Waals surface area (Å²) in [5, 5.41) is 0. The summed E-state index contributed by atoms with van der Waals surface area (Å²) >= 11 is 0. The highest BCUT2D eigenvalue weighted by Crippen LogP contribution is 2.41. The number of anilines is 3.